The van der Waals surface area contributed by atoms with E-state index in [4.69, 9.17) is 11.6 Å². The van der Waals surface area contributed by atoms with E-state index in [0.29, 0.717) is 16.8 Å². The molecule has 0 fully saturated rings. The molecule has 0 radical (unpaired) electrons. The number of nitrogens with zero attached hydrogens (tertiary/aromatic N) is 3. The average molecular weight is 586 g/mol. The molecule has 0 spiro atoms. The normalized spacial score (nSPS) is 15.2. The molecular formula is C25H15ClF7N5O2. The third-order valence-electron chi connectivity index (χ3n) is 6.12. The van der Waals surface area contributed by atoms with Crippen LogP contribution in [0.4, 0.5) is 36.4 Å². The van der Waals surface area contributed by atoms with E-state index in [9.17, 15) is 40.3 Å². The number of amides is 2. The van der Waals surface area contributed by atoms with Gasteiger partial charge in [-0.2, -0.15) is 27.1 Å². The van der Waals surface area contributed by atoms with Crippen LogP contribution in [0.25, 0.3) is 11.3 Å². The van der Waals surface area contributed by atoms with Crippen LogP contribution in [0.1, 0.15) is 39.8 Å². The second-order valence-electron chi connectivity index (χ2n) is 8.75. The van der Waals surface area contributed by atoms with Crippen LogP contribution in [0.3, 0.4) is 0 Å². The molecule has 3 heterocycles. The molecule has 2 aromatic carbocycles. The quantitative estimate of drug-likeness (QED) is 0.275. The summed E-state index contributed by atoms with van der Waals surface area (Å²) in [6, 6.07) is 4.73. The van der Waals surface area contributed by atoms with Gasteiger partial charge in [0.15, 0.2) is 0 Å². The predicted molar refractivity (Wildman–Crippen MR) is 128 cm³/mol. The first-order valence-electron chi connectivity index (χ1n) is 11.3. The Balaban J connectivity index is 1.66. The minimum Gasteiger partial charge on any atom is -0.342 e. The van der Waals surface area contributed by atoms with Crippen LogP contribution < -0.4 is 10.6 Å². The van der Waals surface area contributed by atoms with Gasteiger partial charge in [-0.25, -0.2) is 13.5 Å². The molecule has 0 saturated carbocycles. The molecule has 4 aromatic rings. The van der Waals surface area contributed by atoms with Crippen LogP contribution in [0, 0.1) is 11.6 Å². The standard InChI is InChI=1S/C25H15ClF7N5O2/c26-17-2-1-14(27)6-16(17)21-22-18(35-23(40)11-3-13(25(31,32)33)5-15(28)4-11)7-19(37(22)10-20(39)36-21)12-8-34-38(9-12)24(29)30/h1-9,21,24H,10H2,(H,35,40)(H,36,39). The Kier molecular flexibility index (Phi) is 6.82. The summed E-state index contributed by atoms with van der Waals surface area (Å²) in [6.07, 6.45) is -2.87. The van der Waals surface area contributed by atoms with Crippen LogP contribution in [-0.2, 0) is 17.5 Å². The lowest BCUT2D eigenvalue weighted by molar-refractivity contribution is -0.137. The molecule has 1 aliphatic heterocycles. The Hall–Kier alpha value is -4.33. The van der Waals surface area contributed by atoms with Crippen LogP contribution >= 0.6 is 11.6 Å². The first-order valence-corrected chi connectivity index (χ1v) is 11.7. The number of aromatic nitrogens is 3. The van der Waals surface area contributed by atoms with E-state index in [1.54, 1.807) is 0 Å². The van der Waals surface area contributed by atoms with Crippen LogP contribution in [0.15, 0.2) is 54.9 Å². The van der Waals surface area contributed by atoms with E-state index >= 15 is 0 Å². The number of benzene rings is 2. The molecule has 1 aliphatic rings. The minimum absolute atomic E-state index is 0.0330. The second-order valence-corrected chi connectivity index (χ2v) is 9.16. The monoisotopic (exact) mass is 585 g/mol. The second kappa shape index (κ2) is 10.0. The van der Waals surface area contributed by atoms with E-state index in [2.05, 4.69) is 15.7 Å². The van der Waals surface area contributed by atoms with E-state index in [1.165, 1.54) is 16.7 Å². The van der Waals surface area contributed by atoms with Gasteiger partial charge in [-0.15, -0.1) is 0 Å². The number of alkyl halides is 5. The van der Waals surface area contributed by atoms with Gasteiger partial charge in [-0.1, -0.05) is 11.6 Å². The Morgan fingerprint density at radius 1 is 1.10 bits per heavy atom. The number of carbonyl (C=O) groups is 2. The van der Waals surface area contributed by atoms with E-state index in [1.807, 2.05) is 0 Å². The Morgan fingerprint density at radius 2 is 1.85 bits per heavy atom. The molecular weight excluding hydrogens is 571 g/mol. The fraction of sp³-hybridized carbons (Fsp3) is 0.160. The number of rotatable bonds is 5. The van der Waals surface area contributed by atoms with Gasteiger partial charge in [-0.3, -0.25) is 9.59 Å². The number of hydrogen-bond donors (Lipinski definition) is 2. The summed E-state index contributed by atoms with van der Waals surface area (Å²) in [6.45, 7) is -3.36. The number of hydrogen-bond acceptors (Lipinski definition) is 3. The van der Waals surface area contributed by atoms with Crippen molar-refractivity contribution in [2.75, 3.05) is 5.32 Å². The molecule has 2 N–H and O–H groups in total. The van der Waals surface area contributed by atoms with Crippen molar-refractivity contribution in [2.24, 2.45) is 0 Å². The van der Waals surface area contributed by atoms with Gasteiger partial charge in [0, 0.05) is 27.9 Å². The summed E-state index contributed by atoms with van der Waals surface area (Å²) in [4.78, 5) is 25.7. The Bertz CT molecular complexity index is 1650. The van der Waals surface area contributed by atoms with Gasteiger partial charge in [0.05, 0.1) is 34.9 Å². The number of anilines is 1. The minimum atomic E-state index is -4.94. The van der Waals surface area contributed by atoms with Gasteiger partial charge in [0.1, 0.15) is 18.2 Å². The smallest absolute Gasteiger partial charge is 0.342 e. The van der Waals surface area contributed by atoms with Crippen molar-refractivity contribution in [3.8, 4) is 11.3 Å². The zero-order valence-corrected chi connectivity index (χ0v) is 20.5. The lowest BCUT2D eigenvalue weighted by Crippen LogP contribution is -2.39. The molecule has 1 atom stereocenters. The molecule has 208 valence electrons. The van der Waals surface area contributed by atoms with Gasteiger partial charge in [0.25, 0.3) is 5.91 Å². The predicted octanol–water partition coefficient (Wildman–Crippen LogP) is 6.17. The highest BCUT2D eigenvalue weighted by atomic mass is 35.5. The van der Waals surface area contributed by atoms with Gasteiger partial charge < -0.3 is 15.2 Å². The molecule has 7 nitrogen and oxygen atoms in total. The number of halogens is 8. The number of nitrogens with one attached hydrogen (secondary N) is 2. The van der Waals surface area contributed by atoms with Crippen molar-refractivity contribution in [3.63, 3.8) is 0 Å². The third-order valence-corrected chi connectivity index (χ3v) is 6.47. The summed E-state index contributed by atoms with van der Waals surface area (Å²) in [5.74, 6) is -3.74. The molecule has 15 heteroatoms. The van der Waals surface area contributed by atoms with Gasteiger partial charge >= 0.3 is 12.7 Å². The largest absolute Gasteiger partial charge is 0.416 e. The highest BCUT2D eigenvalue weighted by Crippen LogP contribution is 2.40. The van der Waals surface area contributed by atoms with E-state index < -0.39 is 53.3 Å². The highest BCUT2D eigenvalue weighted by molar-refractivity contribution is 6.31. The molecule has 1 unspecified atom stereocenters. The van der Waals surface area contributed by atoms with Crippen molar-refractivity contribution in [2.45, 2.75) is 25.3 Å². The van der Waals surface area contributed by atoms with Crippen molar-refractivity contribution >= 4 is 29.1 Å². The maximum absolute atomic E-state index is 14.2. The molecule has 2 aromatic heterocycles. The highest BCUT2D eigenvalue weighted by Gasteiger charge is 2.35. The van der Waals surface area contributed by atoms with Crippen molar-refractivity contribution < 1.29 is 40.3 Å². The number of carbonyl (C=O) groups excluding carboxylic acids is 2. The van der Waals surface area contributed by atoms with Crippen LogP contribution in [-0.4, -0.2) is 26.2 Å². The summed E-state index contributed by atoms with van der Waals surface area (Å²) in [5.41, 5.74) is -1.75. The molecule has 0 aliphatic carbocycles. The summed E-state index contributed by atoms with van der Waals surface area (Å²) < 4.78 is 95.9. The van der Waals surface area contributed by atoms with Gasteiger partial charge in [-0.05, 0) is 42.5 Å². The fourth-order valence-electron chi connectivity index (χ4n) is 4.42. The SMILES string of the molecule is O=C1Cn2c(-c3cnn(C(F)F)c3)cc(NC(=O)c3cc(F)cc(C(F)(F)F)c3)c2C(c2cc(F)ccc2Cl)N1. The number of fused-ring (bicyclic) bond motifs is 1. The lowest BCUT2D eigenvalue weighted by atomic mass is 10.0. The zero-order valence-electron chi connectivity index (χ0n) is 19.7. The third kappa shape index (κ3) is 5.13. The first-order chi connectivity index (χ1) is 18.8. The maximum Gasteiger partial charge on any atom is 0.416 e. The molecule has 0 bridgehead atoms. The molecule has 5 rings (SSSR count). The van der Waals surface area contributed by atoms with Gasteiger partial charge in [0.2, 0.25) is 5.91 Å². The zero-order chi connectivity index (χ0) is 28.9. The topological polar surface area (TPSA) is 81.0 Å². The molecule has 0 saturated heterocycles. The summed E-state index contributed by atoms with van der Waals surface area (Å²) >= 11 is 6.28. The van der Waals surface area contributed by atoms with Crippen LogP contribution in [0.5, 0.6) is 0 Å². The first kappa shape index (κ1) is 27.2. The maximum atomic E-state index is 14.2. The van der Waals surface area contributed by atoms with E-state index in [0.717, 1.165) is 24.5 Å². The van der Waals surface area contributed by atoms with Crippen molar-refractivity contribution in [3.05, 3.63) is 93.9 Å². The Morgan fingerprint density at radius 3 is 2.52 bits per heavy atom. The van der Waals surface area contributed by atoms with Crippen molar-refractivity contribution in [1.29, 1.82) is 0 Å². The average Bonchev–Trinajstić information content (AvgIpc) is 3.49. The molecule has 40 heavy (non-hydrogen) atoms. The van der Waals surface area contributed by atoms with Crippen molar-refractivity contribution in [1.82, 2.24) is 19.7 Å². The Labute approximate surface area is 225 Å². The summed E-state index contributed by atoms with van der Waals surface area (Å²) in [7, 11) is 0. The lowest BCUT2D eigenvalue weighted by Gasteiger charge is -2.29. The van der Waals surface area contributed by atoms with E-state index in [-0.39, 0.29) is 45.8 Å². The summed E-state index contributed by atoms with van der Waals surface area (Å²) in [5, 5.41) is 8.63. The van der Waals surface area contributed by atoms with Crippen LogP contribution in [0.2, 0.25) is 5.02 Å². The molecule has 2 amide bonds. The fourth-order valence-corrected chi connectivity index (χ4v) is 4.65.